The molecule has 0 aromatic carbocycles. The summed E-state index contributed by atoms with van der Waals surface area (Å²) in [4.78, 5) is 8.57. The van der Waals surface area contributed by atoms with E-state index < -0.39 is 0 Å². The lowest BCUT2D eigenvalue weighted by Gasteiger charge is -2.19. The van der Waals surface area contributed by atoms with Crippen LogP contribution in [0.25, 0.3) is 0 Å². The van der Waals surface area contributed by atoms with Crippen LogP contribution < -0.4 is 0 Å². The lowest BCUT2D eigenvalue weighted by Crippen LogP contribution is -2.06. The average molecular weight is 212 g/mol. The Hall–Kier alpha value is -1.70. The normalized spacial score (nSPS) is 14.4. The van der Waals surface area contributed by atoms with Crippen molar-refractivity contribution < 1.29 is 0 Å². The van der Waals surface area contributed by atoms with Gasteiger partial charge in [-0.1, -0.05) is 26.0 Å². The van der Waals surface area contributed by atoms with E-state index in [1.807, 2.05) is 36.8 Å². The molecule has 0 saturated heterocycles. The van der Waals surface area contributed by atoms with Crippen molar-refractivity contribution in [2.24, 2.45) is 0 Å². The molecule has 0 N–H and O–H groups in total. The van der Waals surface area contributed by atoms with Crippen molar-refractivity contribution in [3.8, 4) is 0 Å². The van der Waals surface area contributed by atoms with Gasteiger partial charge in [-0.25, -0.2) is 0 Å². The van der Waals surface area contributed by atoms with Gasteiger partial charge < -0.3 is 0 Å². The van der Waals surface area contributed by atoms with Gasteiger partial charge in [0.1, 0.15) is 0 Å². The molecule has 2 nitrogen and oxygen atoms in total. The maximum absolute atomic E-state index is 4.40. The fourth-order valence-electron chi connectivity index (χ4n) is 1.84. The third-order valence-corrected chi connectivity index (χ3v) is 3.11. The van der Waals surface area contributed by atoms with E-state index in [2.05, 4.69) is 35.9 Å². The van der Waals surface area contributed by atoms with Crippen molar-refractivity contribution in [2.45, 2.75) is 25.7 Å². The van der Waals surface area contributed by atoms with Gasteiger partial charge in [-0.3, -0.25) is 9.97 Å². The largest absolute Gasteiger partial charge is 0.264 e. The first kappa shape index (κ1) is 10.8. The monoisotopic (exact) mass is 212 g/mol. The molecule has 2 unspecified atom stereocenters. The van der Waals surface area contributed by atoms with Crippen LogP contribution in [0, 0.1) is 0 Å². The van der Waals surface area contributed by atoms with Crippen molar-refractivity contribution in [2.75, 3.05) is 0 Å². The highest BCUT2D eigenvalue weighted by Crippen LogP contribution is 2.30. The number of nitrogens with zero attached hydrogens (tertiary/aromatic N) is 2. The van der Waals surface area contributed by atoms with Crippen LogP contribution in [0.3, 0.4) is 0 Å². The molecule has 0 aliphatic carbocycles. The second-order valence-corrected chi connectivity index (χ2v) is 4.12. The maximum atomic E-state index is 4.40. The van der Waals surface area contributed by atoms with Crippen molar-refractivity contribution in [3.05, 3.63) is 60.2 Å². The number of rotatable bonds is 3. The fourth-order valence-corrected chi connectivity index (χ4v) is 1.84. The van der Waals surface area contributed by atoms with Gasteiger partial charge >= 0.3 is 0 Å². The first-order valence-electron chi connectivity index (χ1n) is 5.60. The third kappa shape index (κ3) is 2.27. The highest BCUT2D eigenvalue weighted by molar-refractivity contribution is 5.21. The minimum absolute atomic E-state index is 0.408. The lowest BCUT2D eigenvalue weighted by molar-refractivity contribution is 0.606. The van der Waals surface area contributed by atoms with Gasteiger partial charge in [-0.05, 0) is 29.7 Å². The summed E-state index contributed by atoms with van der Waals surface area (Å²) in [5.74, 6) is 0.842. The molecule has 0 amide bonds. The predicted octanol–water partition coefficient (Wildman–Crippen LogP) is 3.38. The molecule has 2 aromatic heterocycles. The number of pyridine rings is 2. The van der Waals surface area contributed by atoms with E-state index >= 15 is 0 Å². The number of aromatic nitrogens is 2. The Bertz CT molecular complexity index is 382. The summed E-state index contributed by atoms with van der Waals surface area (Å²) in [5.41, 5.74) is 2.40. The van der Waals surface area contributed by atoms with Crippen LogP contribution in [0.4, 0.5) is 0 Å². The molecule has 0 aliphatic rings. The Morgan fingerprint density at radius 2 is 1.81 bits per heavy atom. The van der Waals surface area contributed by atoms with Gasteiger partial charge in [0.25, 0.3) is 0 Å². The van der Waals surface area contributed by atoms with Crippen molar-refractivity contribution in [1.82, 2.24) is 9.97 Å². The molecule has 0 radical (unpaired) electrons. The maximum Gasteiger partial charge on any atom is 0.0437 e. The van der Waals surface area contributed by atoms with Gasteiger partial charge in [0.15, 0.2) is 0 Å². The SMILES string of the molecule is CC(c1cccnc1)C(C)c1ccccn1. The summed E-state index contributed by atoms with van der Waals surface area (Å²) in [6.07, 6.45) is 5.59. The molecule has 0 saturated carbocycles. The zero-order valence-corrected chi connectivity index (χ0v) is 9.67. The highest BCUT2D eigenvalue weighted by Gasteiger charge is 2.16. The van der Waals surface area contributed by atoms with E-state index in [1.54, 1.807) is 0 Å². The molecule has 0 bridgehead atoms. The van der Waals surface area contributed by atoms with Crippen LogP contribution >= 0.6 is 0 Å². The molecule has 16 heavy (non-hydrogen) atoms. The minimum atomic E-state index is 0.408. The summed E-state index contributed by atoms with van der Waals surface area (Å²) in [5, 5.41) is 0. The molecule has 2 atom stereocenters. The second kappa shape index (κ2) is 4.88. The quantitative estimate of drug-likeness (QED) is 0.779. The Balaban J connectivity index is 2.20. The van der Waals surface area contributed by atoms with E-state index in [9.17, 15) is 0 Å². The summed E-state index contributed by atoms with van der Waals surface area (Å²) < 4.78 is 0. The molecule has 0 spiro atoms. The van der Waals surface area contributed by atoms with Gasteiger partial charge in [-0.15, -0.1) is 0 Å². The Kier molecular flexibility index (Phi) is 3.30. The van der Waals surface area contributed by atoms with Crippen LogP contribution in [-0.2, 0) is 0 Å². The fraction of sp³-hybridized carbons (Fsp3) is 0.286. The standard InChI is InChI=1S/C14H16N2/c1-11(13-6-5-8-15-10-13)12(2)14-7-3-4-9-16-14/h3-12H,1-2H3. The second-order valence-electron chi connectivity index (χ2n) is 4.12. The molecular weight excluding hydrogens is 196 g/mol. The van der Waals surface area contributed by atoms with Crippen LogP contribution in [0.15, 0.2) is 48.9 Å². The summed E-state index contributed by atoms with van der Waals surface area (Å²) in [6, 6.07) is 10.2. The van der Waals surface area contributed by atoms with Gasteiger partial charge in [0, 0.05) is 30.2 Å². The average Bonchev–Trinajstić information content (AvgIpc) is 2.39. The Labute approximate surface area is 96.4 Å². The van der Waals surface area contributed by atoms with E-state index in [-0.39, 0.29) is 0 Å². The summed E-state index contributed by atoms with van der Waals surface area (Å²) in [6.45, 7) is 4.43. The van der Waals surface area contributed by atoms with E-state index in [4.69, 9.17) is 0 Å². The van der Waals surface area contributed by atoms with Crippen LogP contribution in [0.2, 0.25) is 0 Å². The van der Waals surface area contributed by atoms with Gasteiger partial charge in [-0.2, -0.15) is 0 Å². The lowest BCUT2D eigenvalue weighted by atomic mass is 9.87. The van der Waals surface area contributed by atoms with Crippen LogP contribution in [0.5, 0.6) is 0 Å². The topological polar surface area (TPSA) is 25.8 Å². The molecular formula is C14H16N2. The minimum Gasteiger partial charge on any atom is -0.264 e. The van der Waals surface area contributed by atoms with Crippen molar-refractivity contribution >= 4 is 0 Å². The zero-order valence-electron chi connectivity index (χ0n) is 9.67. The Morgan fingerprint density at radius 1 is 0.938 bits per heavy atom. The van der Waals surface area contributed by atoms with E-state index in [0.717, 1.165) is 5.69 Å². The number of hydrogen-bond acceptors (Lipinski definition) is 2. The predicted molar refractivity (Wildman–Crippen MR) is 65.3 cm³/mol. The summed E-state index contributed by atoms with van der Waals surface area (Å²) in [7, 11) is 0. The van der Waals surface area contributed by atoms with Crippen molar-refractivity contribution in [3.63, 3.8) is 0 Å². The third-order valence-electron chi connectivity index (χ3n) is 3.11. The smallest absolute Gasteiger partial charge is 0.0437 e. The molecule has 2 aromatic rings. The molecule has 0 fully saturated rings. The number of hydrogen-bond donors (Lipinski definition) is 0. The zero-order chi connectivity index (χ0) is 11.4. The van der Waals surface area contributed by atoms with Crippen LogP contribution in [0.1, 0.15) is 36.9 Å². The molecule has 2 rings (SSSR count). The van der Waals surface area contributed by atoms with Gasteiger partial charge in [0.2, 0.25) is 0 Å². The highest BCUT2D eigenvalue weighted by atomic mass is 14.7. The first-order chi connectivity index (χ1) is 7.79. The molecule has 0 aliphatic heterocycles. The summed E-state index contributed by atoms with van der Waals surface area (Å²) >= 11 is 0. The van der Waals surface area contributed by atoms with Gasteiger partial charge in [0.05, 0.1) is 0 Å². The van der Waals surface area contributed by atoms with Crippen LogP contribution in [-0.4, -0.2) is 9.97 Å². The van der Waals surface area contributed by atoms with E-state index in [1.165, 1.54) is 5.56 Å². The van der Waals surface area contributed by atoms with Crippen molar-refractivity contribution in [1.29, 1.82) is 0 Å². The van der Waals surface area contributed by atoms with E-state index in [0.29, 0.717) is 11.8 Å². The Morgan fingerprint density at radius 3 is 2.44 bits per heavy atom. The molecule has 2 heteroatoms. The first-order valence-corrected chi connectivity index (χ1v) is 5.60. The molecule has 2 heterocycles. The molecule has 82 valence electrons.